The summed E-state index contributed by atoms with van der Waals surface area (Å²) in [7, 11) is -3.66. The van der Waals surface area contributed by atoms with E-state index >= 15 is 0 Å². The zero-order valence-electron chi connectivity index (χ0n) is 19.3. The molecular formula is C25H32N2O5S. The minimum Gasteiger partial charge on any atom is -0.486 e. The van der Waals surface area contributed by atoms with Crippen molar-refractivity contribution in [3.63, 3.8) is 0 Å². The summed E-state index contributed by atoms with van der Waals surface area (Å²) in [5.74, 6) is 0.963. The second kappa shape index (κ2) is 10.1. The number of hydrogen-bond acceptors (Lipinski definition) is 5. The average Bonchev–Trinajstić information content (AvgIpc) is 2.86. The molecular weight excluding hydrogens is 440 g/mol. The van der Waals surface area contributed by atoms with E-state index in [1.165, 1.54) is 10.4 Å². The van der Waals surface area contributed by atoms with Gasteiger partial charge in [0.1, 0.15) is 13.2 Å². The van der Waals surface area contributed by atoms with Crippen LogP contribution < -0.4 is 9.47 Å². The molecule has 33 heavy (non-hydrogen) atoms. The number of fused-ring (bicyclic) bond motifs is 1. The van der Waals surface area contributed by atoms with Crippen LogP contribution in [0.5, 0.6) is 11.5 Å². The van der Waals surface area contributed by atoms with E-state index < -0.39 is 10.0 Å². The number of rotatable bonds is 7. The van der Waals surface area contributed by atoms with Crippen molar-refractivity contribution < 1.29 is 22.7 Å². The molecule has 0 aliphatic carbocycles. The molecule has 1 atom stereocenters. The lowest BCUT2D eigenvalue weighted by Crippen LogP contribution is -2.46. The highest BCUT2D eigenvalue weighted by Crippen LogP contribution is 2.34. The fourth-order valence-electron chi connectivity index (χ4n) is 4.36. The van der Waals surface area contributed by atoms with E-state index in [1.54, 1.807) is 12.1 Å². The minimum absolute atomic E-state index is 0.115. The smallest absolute Gasteiger partial charge is 0.243 e. The molecule has 2 heterocycles. The first kappa shape index (κ1) is 23.6. The van der Waals surface area contributed by atoms with Crippen LogP contribution in [0.25, 0.3) is 0 Å². The third-order valence-electron chi connectivity index (χ3n) is 6.56. The van der Waals surface area contributed by atoms with E-state index in [0.29, 0.717) is 57.2 Å². The van der Waals surface area contributed by atoms with Crippen molar-refractivity contribution in [2.24, 2.45) is 5.92 Å². The quantitative estimate of drug-likeness (QED) is 0.614. The van der Waals surface area contributed by atoms with Gasteiger partial charge in [-0.2, -0.15) is 4.31 Å². The molecule has 2 aliphatic heterocycles. The second-order valence-electron chi connectivity index (χ2n) is 8.69. The topological polar surface area (TPSA) is 76.2 Å². The lowest BCUT2D eigenvalue weighted by atomic mass is 9.95. The van der Waals surface area contributed by atoms with Crippen LogP contribution in [0.15, 0.2) is 53.4 Å². The predicted molar refractivity (Wildman–Crippen MR) is 126 cm³/mol. The number of hydrogen-bond donors (Lipinski definition) is 0. The van der Waals surface area contributed by atoms with Crippen molar-refractivity contribution in [1.82, 2.24) is 9.21 Å². The van der Waals surface area contributed by atoms with Gasteiger partial charge in [0.15, 0.2) is 11.5 Å². The van der Waals surface area contributed by atoms with Crippen molar-refractivity contribution in [3.8, 4) is 11.5 Å². The molecule has 1 saturated heterocycles. The number of nitrogens with zero attached hydrogens (tertiary/aromatic N) is 2. The highest BCUT2D eigenvalue weighted by atomic mass is 32.2. The Morgan fingerprint density at radius 3 is 2.39 bits per heavy atom. The van der Waals surface area contributed by atoms with Crippen LogP contribution in [0.2, 0.25) is 0 Å². The Morgan fingerprint density at radius 2 is 1.73 bits per heavy atom. The Balaban J connectivity index is 1.43. The zero-order valence-corrected chi connectivity index (χ0v) is 20.1. The first-order valence-corrected chi connectivity index (χ1v) is 13.1. The van der Waals surface area contributed by atoms with Gasteiger partial charge in [0, 0.05) is 37.7 Å². The van der Waals surface area contributed by atoms with Crippen LogP contribution in [0.4, 0.5) is 0 Å². The molecule has 1 fully saturated rings. The summed E-state index contributed by atoms with van der Waals surface area (Å²) < 4.78 is 38.9. The molecule has 4 rings (SSSR count). The SMILES string of the molecule is CC[C@H](C)N(Cc1ccccc1)C(=O)C1CCN(S(=O)(=O)c2ccc3c(c2)OCCO3)CC1. The highest BCUT2D eigenvalue weighted by Gasteiger charge is 2.35. The molecule has 0 radical (unpaired) electrons. The van der Waals surface area contributed by atoms with Crippen LogP contribution in [0.3, 0.4) is 0 Å². The lowest BCUT2D eigenvalue weighted by molar-refractivity contribution is -0.139. The number of ether oxygens (including phenoxy) is 2. The van der Waals surface area contributed by atoms with Crippen LogP contribution >= 0.6 is 0 Å². The monoisotopic (exact) mass is 472 g/mol. The highest BCUT2D eigenvalue weighted by molar-refractivity contribution is 7.89. The molecule has 2 aromatic carbocycles. The van der Waals surface area contributed by atoms with Gasteiger partial charge in [-0.3, -0.25) is 4.79 Å². The molecule has 2 aliphatic rings. The molecule has 0 bridgehead atoms. The normalized spacial score (nSPS) is 18.0. The van der Waals surface area contributed by atoms with E-state index in [2.05, 4.69) is 13.8 Å². The van der Waals surface area contributed by atoms with Crippen LogP contribution in [0, 0.1) is 5.92 Å². The molecule has 1 amide bonds. The second-order valence-corrected chi connectivity index (χ2v) is 10.6. The maximum Gasteiger partial charge on any atom is 0.243 e. The molecule has 7 nitrogen and oxygen atoms in total. The van der Waals surface area contributed by atoms with E-state index in [0.717, 1.165) is 12.0 Å². The molecule has 0 unspecified atom stereocenters. The van der Waals surface area contributed by atoms with Crippen molar-refractivity contribution in [2.45, 2.75) is 50.6 Å². The molecule has 0 N–H and O–H groups in total. The summed E-state index contributed by atoms with van der Waals surface area (Å²) >= 11 is 0. The van der Waals surface area contributed by atoms with E-state index in [1.807, 2.05) is 35.2 Å². The van der Waals surface area contributed by atoms with E-state index in [-0.39, 0.29) is 22.8 Å². The Labute approximate surface area is 196 Å². The van der Waals surface area contributed by atoms with Gasteiger partial charge in [-0.05, 0) is 43.9 Å². The minimum atomic E-state index is -3.66. The van der Waals surface area contributed by atoms with Crippen molar-refractivity contribution >= 4 is 15.9 Å². The van der Waals surface area contributed by atoms with E-state index in [4.69, 9.17) is 9.47 Å². The van der Waals surface area contributed by atoms with Gasteiger partial charge >= 0.3 is 0 Å². The third-order valence-corrected chi connectivity index (χ3v) is 8.45. The summed E-state index contributed by atoms with van der Waals surface area (Å²) in [6, 6.07) is 14.9. The molecule has 178 valence electrons. The largest absolute Gasteiger partial charge is 0.486 e. The van der Waals surface area contributed by atoms with Crippen molar-refractivity contribution in [1.29, 1.82) is 0 Å². The van der Waals surface area contributed by atoms with Gasteiger partial charge in [0.05, 0.1) is 4.90 Å². The van der Waals surface area contributed by atoms with Gasteiger partial charge in [-0.15, -0.1) is 0 Å². The summed E-state index contributed by atoms with van der Waals surface area (Å²) in [6.07, 6.45) is 1.91. The Hall–Kier alpha value is -2.58. The summed E-state index contributed by atoms with van der Waals surface area (Å²) in [5, 5.41) is 0. The fourth-order valence-corrected chi connectivity index (χ4v) is 5.85. The summed E-state index contributed by atoms with van der Waals surface area (Å²) in [6.45, 7) is 6.24. The Bertz CT molecular complexity index is 1070. The number of sulfonamides is 1. The van der Waals surface area contributed by atoms with Crippen LogP contribution in [-0.4, -0.2) is 55.9 Å². The maximum atomic E-state index is 13.4. The molecule has 0 spiro atoms. The lowest BCUT2D eigenvalue weighted by Gasteiger charge is -2.36. The zero-order chi connectivity index (χ0) is 23.4. The third kappa shape index (κ3) is 5.17. The number of carbonyl (C=O) groups excluding carboxylic acids is 1. The van der Waals surface area contributed by atoms with Gasteiger partial charge < -0.3 is 14.4 Å². The predicted octanol–water partition coefficient (Wildman–Crippen LogP) is 3.69. The van der Waals surface area contributed by atoms with E-state index in [9.17, 15) is 13.2 Å². The molecule has 2 aromatic rings. The van der Waals surface area contributed by atoms with Gasteiger partial charge in [-0.25, -0.2) is 8.42 Å². The number of benzene rings is 2. The van der Waals surface area contributed by atoms with Crippen LogP contribution in [-0.2, 0) is 21.4 Å². The molecule has 8 heteroatoms. The first-order chi connectivity index (χ1) is 15.9. The molecule has 0 saturated carbocycles. The summed E-state index contributed by atoms with van der Waals surface area (Å²) in [4.78, 5) is 15.6. The van der Waals surface area contributed by atoms with Gasteiger partial charge in [0.2, 0.25) is 15.9 Å². The fraction of sp³-hybridized carbons (Fsp3) is 0.480. The first-order valence-electron chi connectivity index (χ1n) is 11.6. The maximum absolute atomic E-state index is 13.4. The summed E-state index contributed by atoms with van der Waals surface area (Å²) in [5.41, 5.74) is 1.10. The Morgan fingerprint density at radius 1 is 1.06 bits per heavy atom. The number of piperidine rings is 1. The number of carbonyl (C=O) groups is 1. The van der Waals surface area contributed by atoms with Gasteiger partial charge in [-0.1, -0.05) is 37.3 Å². The molecule has 0 aromatic heterocycles. The van der Waals surface area contributed by atoms with Crippen molar-refractivity contribution in [3.05, 3.63) is 54.1 Å². The Kier molecular flexibility index (Phi) is 7.24. The average molecular weight is 473 g/mol. The van der Waals surface area contributed by atoms with Crippen molar-refractivity contribution in [2.75, 3.05) is 26.3 Å². The van der Waals surface area contributed by atoms with Gasteiger partial charge in [0.25, 0.3) is 0 Å². The van der Waals surface area contributed by atoms with Crippen LogP contribution in [0.1, 0.15) is 38.7 Å². The number of amides is 1. The standard InChI is InChI=1S/C25H32N2O5S/c1-3-19(2)27(18-20-7-5-4-6-8-20)25(28)21-11-13-26(14-12-21)33(29,30)22-9-10-23-24(17-22)32-16-15-31-23/h4-10,17,19,21H,3,11-16,18H2,1-2H3/t19-/m0/s1.